The van der Waals surface area contributed by atoms with Gasteiger partial charge in [0.25, 0.3) is 11.7 Å². The predicted octanol–water partition coefficient (Wildman–Crippen LogP) is 5.32. The number of halogens is 2. The second-order valence-electron chi connectivity index (χ2n) is 7.45. The summed E-state index contributed by atoms with van der Waals surface area (Å²) in [5, 5.41) is 11.1. The van der Waals surface area contributed by atoms with E-state index in [-0.39, 0.29) is 27.6 Å². The molecule has 32 heavy (non-hydrogen) atoms. The highest BCUT2D eigenvalue weighted by Gasteiger charge is 2.48. The number of benzene rings is 2. The number of aliphatic hydroxyl groups excluding tert-OH is 1. The molecule has 0 saturated carbocycles. The van der Waals surface area contributed by atoms with Crippen molar-refractivity contribution in [1.29, 1.82) is 0 Å². The van der Waals surface area contributed by atoms with Gasteiger partial charge in [0.05, 0.1) is 29.5 Å². The number of amides is 1. The van der Waals surface area contributed by atoms with Crippen LogP contribution in [0.1, 0.15) is 28.5 Å². The molecule has 2 aromatic carbocycles. The molecule has 0 spiro atoms. The number of Topliss-reactive ketones (excluding diaryl/α,β-unsaturated/α-hetero) is 1. The summed E-state index contributed by atoms with van der Waals surface area (Å²) in [6.07, 6.45) is 1.39. The minimum atomic E-state index is -1.09. The number of methoxy groups -OCH3 is 1. The number of aryl methyl sites for hydroxylation is 2. The molecule has 0 bridgehead atoms. The molecule has 1 amide bonds. The third-order valence-electron chi connectivity index (χ3n) is 5.32. The van der Waals surface area contributed by atoms with Gasteiger partial charge in [-0.1, -0.05) is 17.7 Å². The van der Waals surface area contributed by atoms with Crippen LogP contribution in [-0.2, 0) is 9.59 Å². The highest BCUT2D eigenvalue weighted by atomic mass is 35.5. The van der Waals surface area contributed by atoms with Crippen molar-refractivity contribution in [2.75, 3.05) is 12.0 Å². The van der Waals surface area contributed by atoms with E-state index in [2.05, 4.69) is 0 Å². The van der Waals surface area contributed by atoms with Gasteiger partial charge in [0, 0.05) is 5.69 Å². The maximum atomic E-state index is 13.7. The second kappa shape index (κ2) is 8.16. The Morgan fingerprint density at radius 3 is 2.56 bits per heavy atom. The molecular formula is C24H19ClFNO5. The van der Waals surface area contributed by atoms with E-state index in [1.165, 1.54) is 25.5 Å². The van der Waals surface area contributed by atoms with Gasteiger partial charge in [-0.2, -0.15) is 0 Å². The molecule has 1 fully saturated rings. The molecule has 8 heteroatoms. The quantitative estimate of drug-likeness (QED) is 0.327. The smallest absolute Gasteiger partial charge is 0.300 e. The average molecular weight is 456 g/mol. The summed E-state index contributed by atoms with van der Waals surface area (Å²) < 4.78 is 24.7. The van der Waals surface area contributed by atoms with E-state index in [1.54, 1.807) is 18.2 Å². The van der Waals surface area contributed by atoms with Crippen LogP contribution >= 0.6 is 11.6 Å². The SMILES string of the molecule is COc1c(C)cc(C)cc1/C(O)=C1/C(=O)C(=O)N(c2ccc(F)c(Cl)c2)C1c1ccco1. The van der Waals surface area contributed by atoms with Crippen LogP contribution < -0.4 is 9.64 Å². The molecule has 1 N–H and O–H groups in total. The van der Waals surface area contributed by atoms with Crippen LogP contribution in [0.25, 0.3) is 5.76 Å². The molecule has 3 aromatic rings. The van der Waals surface area contributed by atoms with E-state index in [9.17, 15) is 19.1 Å². The highest BCUT2D eigenvalue weighted by Crippen LogP contribution is 2.44. The van der Waals surface area contributed by atoms with Crippen LogP contribution in [-0.4, -0.2) is 23.9 Å². The molecule has 164 valence electrons. The number of ether oxygens (including phenoxy) is 1. The van der Waals surface area contributed by atoms with Crippen molar-refractivity contribution >= 4 is 34.7 Å². The number of carbonyl (C=O) groups excluding carboxylic acids is 2. The maximum absolute atomic E-state index is 13.7. The molecule has 1 aromatic heterocycles. The van der Waals surface area contributed by atoms with Gasteiger partial charge in [0.1, 0.15) is 29.1 Å². The molecule has 6 nitrogen and oxygen atoms in total. The van der Waals surface area contributed by atoms with Crippen molar-refractivity contribution in [3.05, 3.63) is 87.6 Å². The van der Waals surface area contributed by atoms with E-state index in [4.69, 9.17) is 20.8 Å². The summed E-state index contributed by atoms with van der Waals surface area (Å²) in [7, 11) is 1.46. The molecule has 1 unspecified atom stereocenters. The van der Waals surface area contributed by atoms with Gasteiger partial charge in [-0.3, -0.25) is 14.5 Å². The number of rotatable bonds is 4. The predicted molar refractivity (Wildman–Crippen MR) is 117 cm³/mol. The summed E-state index contributed by atoms with van der Waals surface area (Å²) in [4.78, 5) is 27.3. The Hall–Kier alpha value is -3.58. The number of anilines is 1. The minimum absolute atomic E-state index is 0.173. The summed E-state index contributed by atoms with van der Waals surface area (Å²) in [6, 6.07) is 9.32. The van der Waals surface area contributed by atoms with Gasteiger partial charge in [0.2, 0.25) is 0 Å². The summed E-state index contributed by atoms with van der Waals surface area (Å²) >= 11 is 5.92. The standard InChI is InChI=1S/C24H19ClFNO5/c1-12-9-13(2)23(31-3)15(10-12)21(28)19-20(18-5-4-8-32-18)27(24(30)22(19)29)14-6-7-17(26)16(25)11-14/h4-11,20,28H,1-3H3/b21-19-. The molecular weight excluding hydrogens is 437 g/mol. The first kappa shape index (κ1) is 21.6. The Kier molecular flexibility index (Phi) is 5.52. The van der Waals surface area contributed by atoms with Crippen molar-refractivity contribution in [2.24, 2.45) is 0 Å². The lowest BCUT2D eigenvalue weighted by molar-refractivity contribution is -0.132. The molecule has 2 heterocycles. The number of carbonyl (C=O) groups is 2. The Bertz CT molecular complexity index is 1270. The highest BCUT2D eigenvalue weighted by molar-refractivity contribution is 6.51. The topological polar surface area (TPSA) is 80.0 Å². The van der Waals surface area contributed by atoms with Crippen molar-refractivity contribution in [1.82, 2.24) is 0 Å². The first-order chi connectivity index (χ1) is 15.2. The first-order valence-corrected chi connectivity index (χ1v) is 10.1. The normalized spacial score (nSPS) is 17.8. The van der Waals surface area contributed by atoms with E-state index in [0.29, 0.717) is 5.75 Å². The Morgan fingerprint density at radius 1 is 1.19 bits per heavy atom. The summed E-state index contributed by atoms with van der Waals surface area (Å²) in [6.45, 7) is 3.65. The third-order valence-corrected chi connectivity index (χ3v) is 5.61. The second-order valence-corrected chi connectivity index (χ2v) is 7.85. The average Bonchev–Trinajstić information content (AvgIpc) is 3.36. The molecule has 1 aliphatic heterocycles. The van der Waals surface area contributed by atoms with E-state index < -0.39 is 29.3 Å². The van der Waals surface area contributed by atoms with Gasteiger partial charge in [0.15, 0.2) is 0 Å². The molecule has 1 saturated heterocycles. The lowest BCUT2D eigenvalue weighted by Gasteiger charge is -2.24. The number of furan rings is 1. The first-order valence-electron chi connectivity index (χ1n) is 9.69. The summed E-state index contributed by atoms with van der Waals surface area (Å²) in [5.41, 5.74) is 1.87. The van der Waals surface area contributed by atoms with Gasteiger partial charge in [-0.05, 0) is 61.4 Å². The molecule has 0 radical (unpaired) electrons. The van der Waals surface area contributed by atoms with Crippen LogP contribution in [0.2, 0.25) is 5.02 Å². The fourth-order valence-electron chi connectivity index (χ4n) is 4.00. The number of hydrogen-bond donors (Lipinski definition) is 1. The number of ketones is 1. The zero-order chi connectivity index (χ0) is 23.2. The van der Waals surface area contributed by atoms with Crippen LogP contribution in [0, 0.1) is 19.7 Å². The fourth-order valence-corrected chi connectivity index (χ4v) is 4.17. The van der Waals surface area contributed by atoms with Gasteiger partial charge >= 0.3 is 0 Å². The maximum Gasteiger partial charge on any atom is 0.300 e. The zero-order valence-corrected chi connectivity index (χ0v) is 18.2. The van der Waals surface area contributed by atoms with Crippen LogP contribution in [0.5, 0.6) is 5.75 Å². The van der Waals surface area contributed by atoms with Crippen molar-refractivity contribution in [3.8, 4) is 5.75 Å². The number of nitrogens with zero attached hydrogens (tertiary/aromatic N) is 1. The molecule has 1 aliphatic rings. The monoisotopic (exact) mass is 455 g/mol. The number of aliphatic hydroxyl groups is 1. The van der Waals surface area contributed by atoms with Crippen molar-refractivity contribution < 1.29 is 28.2 Å². The largest absolute Gasteiger partial charge is 0.507 e. The van der Waals surface area contributed by atoms with Gasteiger partial charge in [-0.15, -0.1) is 0 Å². The van der Waals surface area contributed by atoms with Crippen LogP contribution in [0.15, 0.2) is 58.7 Å². The summed E-state index contributed by atoms with van der Waals surface area (Å²) in [5.74, 6) is -2.26. The Morgan fingerprint density at radius 2 is 1.94 bits per heavy atom. The Labute approximate surface area is 188 Å². The lowest BCUT2D eigenvalue weighted by atomic mass is 9.96. The lowest BCUT2D eigenvalue weighted by Crippen LogP contribution is -2.29. The molecule has 0 aliphatic carbocycles. The Balaban J connectivity index is 1.99. The van der Waals surface area contributed by atoms with E-state index >= 15 is 0 Å². The van der Waals surface area contributed by atoms with Crippen molar-refractivity contribution in [3.63, 3.8) is 0 Å². The van der Waals surface area contributed by atoms with Gasteiger partial charge in [-0.25, -0.2) is 4.39 Å². The van der Waals surface area contributed by atoms with Crippen LogP contribution in [0.3, 0.4) is 0 Å². The van der Waals surface area contributed by atoms with E-state index in [1.807, 2.05) is 19.9 Å². The van der Waals surface area contributed by atoms with Crippen molar-refractivity contribution in [2.45, 2.75) is 19.9 Å². The zero-order valence-electron chi connectivity index (χ0n) is 17.5. The number of hydrogen-bond acceptors (Lipinski definition) is 5. The molecule has 4 rings (SSSR count). The van der Waals surface area contributed by atoms with E-state index in [0.717, 1.165) is 22.1 Å². The minimum Gasteiger partial charge on any atom is -0.507 e. The molecule has 1 atom stereocenters. The fraction of sp³-hybridized carbons (Fsp3) is 0.167. The van der Waals surface area contributed by atoms with Crippen LogP contribution in [0.4, 0.5) is 10.1 Å². The van der Waals surface area contributed by atoms with Gasteiger partial charge < -0.3 is 14.3 Å². The third kappa shape index (κ3) is 3.44.